The lowest BCUT2D eigenvalue weighted by molar-refractivity contribution is -0.384. The van der Waals surface area contributed by atoms with Crippen LogP contribution < -0.4 is 5.32 Å². The van der Waals surface area contributed by atoms with Crippen LogP contribution in [-0.4, -0.2) is 20.7 Å². The third-order valence-corrected chi connectivity index (χ3v) is 4.44. The molecule has 6 heteroatoms. The standard InChI is InChI=1S/C15H26N4O2/c1-4-8-13-14(19(20)21)15(18(3)17-13)16-12-10-7-5-6-9-11(12)2/h11-12,16H,4-10H2,1-3H3. The van der Waals surface area contributed by atoms with Crippen molar-refractivity contribution in [3.63, 3.8) is 0 Å². The van der Waals surface area contributed by atoms with E-state index in [2.05, 4.69) is 17.3 Å². The molecule has 0 aliphatic heterocycles. The van der Waals surface area contributed by atoms with Gasteiger partial charge in [-0.15, -0.1) is 0 Å². The molecule has 0 aromatic carbocycles. The first-order chi connectivity index (χ1) is 10.0. The minimum atomic E-state index is -0.290. The summed E-state index contributed by atoms with van der Waals surface area (Å²) in [4.78, 5) is 11.1. The number of nitro groups is 1. The molecular weight excluding hydrogens is 268 g/mol. The highest BCUT2D eigenvalue weighted by molar-refractivity contribution is 5.60. The van der Waals surface area contributed by atoms with Crippen LogP contribution in [0.15, 0.2) is 0 Å². The van der Waals surface area contributed by atoms with Crippen molar-refractivity contribution in [2.24, 2.45) is 13.0 Å². The Morgan fingerprint density at radius 1 is 1.38 bits per heavy atom. The van der Waals surface area contributed by atoms with Gasteiger partial charge in [0.2, 0.25) is 5.82 Å². The Balaban J connectivity index is 2.27. The van der Waals surface area contributed by atoms with Crippen LogP contribution in [0.25, 0.3) is 0 Å². The number of aryl methyl sites for hydroxylation is 2. The number of anilines is 1. The first-order valence-corrected chi connectivity index (χ1v) is 8.01. The van der Waals surface area contributed by atoms with Crippen LogP contribution in [0, 0.1) is 16.0 Å². The SMILES string of the molecule is CCCc1nn(C)c(NC2CCCCCC2C)c1[N+](=O)[O-]. The van der Waals surface area contributed by atoms with Gasteiger partial charge in [0.1, 0.15) is 5.69 Å². The Labute approximate surface area is 126 Å². The van der Waals surface area contributed by atoms with Gasteiger partial charge in [-0.05, 0) is 25.2 Å². The molecule has 0 saturated heterocycles. The van der Waals surface area contributed by atoms with Crippen molar-refractivity contribution in [3.8, 4) is 0 Å². The van der Waals surface area contributed by atoms with Crippen molar-refractivity contribution in [2.45, 2.75) is 64.8 Å². The summed E-state index contributed by atoms with van der Waals surface area (Å²) >= 11 is 0. The minimum absolute atomic E-state index is 0.163. The molecule has 1 fully saturated rings. The number of nitrogens with one attached hydrogen (secondary N) is 1. The summed E-state index contributed by atoms with van der Waals surface area (Å²) in [7, 11) is 1.79. The van der Waals surface area contributed by atoms with E-state index in [4.69, 9.17) is 0 Å². The van der Waals surface area contributed by atoms with Gasteiger partial charge < -0.3 is 5.32 Å². The van der Waals surface area contributed by atoms with Crippen molar-refractivity contribution in [2.75, 3.05) is 5.32 Å². The molecule has 1 aliphatic rings. The van der Waals surface area contributed by atoms with Crippen molar-refractivity contribution in [1.29, 1.82) is 0 Å². The van der Waals surface area contributed by atoms with E-state index in [0.29, 0.717) is 29.9 Å². The smallest absolute Gasteiger partial charge is 0.333 e. The summed E-state index contributed by atoms with van der Waals surface area (Å²) < 4.78 is 1.64. The maximum Gasteiger partial charge on any atom is 0.333 e. The molecule has 1 N–H and O–H groups in total. The van der Waals surface area contributed by atoms with Crippen LogP contribution >= 0.6 is 0 Å². The van der Waals surface area contributed by atoms with Crippen LogP contribution in [0.1, 0.15) is 58.1 Å². The predicted molar refractivity (Wildman–Crippen MR) is 83.5 cm³/mol. The van der Waals surface area contributed by atoms with Gasteiger partial charge in [0.15, 0.2) is 0 Å². The van der Waals surface area contributed by atoms with Crippen LogP contribution in [-0.2, 0) is 13.5 Å². The molecule has 6 nitrogen and oxygen atoms in total. The predicted octanol–water partition coefficient (Wildman–Crippen LogP) is 3.66. The van der Waals surface area contributed by atoms with E-state index in [1.54, 1.807) is 11.7 Å². The quantitative estimate of drug-likeness (QED) is 0.511. The lowest BCUT2D eigenvalue weighted by atomic mass is 9.97. The third kappa shape index (κ3) is 3.54. The van der Waals surface area contributed by atoms with Gasteiger partial charge in [-0.25, -0.2) is 4.68 Å². The second-order valence-corrected chi connectivity index (χ2v) is 6.14. The largest absolute Gasteiger partial charge is 0.362 e. The summed E-state index contributed by atoms with van der Waals surface area (Å²) in [6.07, 6.45) is 7.47. The van der Waals surface area contributed by atoms with Gasteiger partial charge in [0.05, 0.1) is 4.92 Å². The van der Waals surface area contributed by atoms with Gasteiger partial charge >= 0.3 is 5.69 Å². The summed E-state index contributed by atoms with van der Waals surface area (Å²) in [6.45, 7) is 4.25. The second kappa shape index (κ2) is 6.91. The molecule has 1 heterocycles. The Morgan fingerprint density at radius 2 is 2.10 bits per heavy atom. The Kier molecular flexibility index (Phi) is 5.20. The molecule has 2 unspecified atom stereocenters. The first-order valence-electron chi connectivity index (χ1n) is 8.01. The summed E-state index contributed by atoms with van der Waals surface area (Å²) in [6, 6.07) is 0.302. The number of hydrogen-bond donors (Lipinski definition) is 1. The van der Waals surface area contributed by atoms with Crippen molar-refractivity contribution in [1.82, 2.24) is 9.78 Å². The van der Waals surface area contributed by atoms with Gasteiger partial charge in [-0.3, -0.25) is 10.1 Å². The lowest BCUT2D eigenvalue weighted by Crippen LogP contribution is -2.27. The normalized spacial score (nSPS) is 22.8. The van der Waals surface area contributed by atoms with E-state index < -0.39 is 0 Å². The zero-order valence-electron chi connectivity index (χ0n) is 13.3. The average molecular weight is 294 g/mol. The molecule has 2 atom stereocenters. The third-order valence-electron chi connectivity index (χ3n) is 4.44. The van der Waals surface area contributed by atoms with Crippen molar-refractivity contribution < 1.29 is 4.92 Å². The van der Waals surface area contributed by atoms with Crippen LogP contribution in [0.2, 0.25) is 0 Å². The molecule has 21 heavy (non-hydrogen) atoms. The fraction of sp³-hybridized carbons (Fsp3) is 0.800. The molecular formula is C15H26N4O2. The summed E-state index contributed by atoms with van der Waals surface area (Å²) in [5.74, 6) is 1.11. The van der Waals surface area contributed by atoms with E-state index in [1.165, 1.54) is 25.7 Å². The van der Waals surface area contributed by atoms with E-state index in [9.17, 15) is 10.1 Å². The molecule has 0 bridgehead atoms. The zero-order chi connectivity index (χ0) is 15.4. The van der Waals surface area contributed by atoms with Gasteiger partial charge in [0.25, 0.3) is 0 Å². The first kappa shape index (κ1) is 15.8. The van der Waals surface area contributed by atoms with Crippen molar-refractivity contribution in [3.05, 3.63) is 15.8 Å². The molecule has 1 aromatic rings. The molecule has 1 aliphatic carbocycles. The Hall–Kier alpha value is -1.59. The maximum absolute atomic E-state index is 11.4. The van der Waals surface area contributed by atoms with Gasteiger partial charge in [-0.1, -0.05) is 39.5 Å². The maximum atomic E-state index is 11.4. The minimum Gasteiger partial charge on any atom is -0.362 e. The highest BCUT2D eigenvalue weighted by atomic mass is 16.6. The molecule has 1 saturated carbocycles. The molecule has 0 amide bonds. The lowest BCUT2D eigenvalue weighted by Gasteiger charge is -2.23. The highest BCUT2D eigenvalue weighted by Gasteiger charge is 2.29. The molecule has 118 valence electrons. The summed E-state index contributed by atoms with van der Waals surface area (Å²) in [5.41, 5.74) is 0.754. The van der Waals surface area contributed by atoms with Crippen LogP contribution in [0.3, 0.4) is 0 Å². The number of aromatic nitrogens is 2. The Morgan fingerprint density at radius 3 is 2.76 bits per heavy atom. The van der Waals surface area contributed by atoms with Gasteiger partial charge in [-0.2, -0.15) is 5.10 Å². The number of hydrogen-bond acceptors (Lipinski definition) is 4. The summed E-state index contributed by atoms with van der Waals surface area (Å²) in [5, 5.41) is 19.2. The molecule has 0 spiro atoms. The monoisotopic (exact) mass is 294 g/mol. The van der Waals surface area contributed by atoms with E-state index in [-0.39, 0.29) is 10.6 Å². The van der Waals surface area contributed by atoms with Crippen LogP contribution in [0.4, 0.5) is 11.5 Å². The topological polar surface area (TPSA) is 73.0 Å². The molecule has 0 radical (unpaired) electrons. The molecule has 1 aromatic heterocycles. The number of nitrogens with zero attached hydrogens (tertiary/aromatic N) is 3. The second-order valence-electron chi connectivity index (χ2n) is 6.14. The fourth-order valence-corrected chi connectivity index (χ4v) is 3.21. The van der Waals surface area contributed by atoms with E-state index in [0.717, 1.165) is 12.8 Å². The molecule has 2 rings (SSSR count). The van der Waals surface area contributed by atoms with Crippen LogP contribution in [0.5, 0.6) is 0 Å². The zero-order valence-corrected chi connectivity index (χ0v) is 13.3. The van der Waals surface area contributed by atoms with Gasteiger partial charge in [0, 0.05) is 13.1 Å². The van der Waals surface area contributed by atoms with Crippen molar-refractivity contribution >= 4 is 11.5 Å². The van der Waals surface area contributed by atoms with E-state index in [1.807, 2.05) is 6.92 Å². The highest BCUT2D eigenvalue weighted by Crippen LogP contribution is 2.32. The average Bonchev–Trinajstić information content (AvgIpc) is 2.59. The fourth-order valence-electron chi connectivity index (χ4n) is 3.21. The van der Waals surface area contributed by atoms with E-state index >= 15 is 0 Å². The number of rotatable bonds is 5. The Bertz CT molecular complexity index is 498.